The third-order valence-corrected chi connectivity index (χ3v) is 4.55. The van der Waals surface area contributed by atoms with E-state index in [0.29, 0.717) is 5.57 Å². The van der Waals surface area contributed by atoms with E-state index in [1.165, 1.54) is 4.88 Å². The van der Waals surface area contributed by atoms with E-state index in [1.54, 1.807) is 11.3 Å². The molecule has 1 atom stereocenters. The van der Waals surface area contributed by atoms with Crippen LogP contribution in [-0.4, -0.2) is 35.4 Å². The molecule has 120 valence electrons. The van der Waals surface area contributed by atoms with Crippen LogP contribution in [-0.2, 0) is 4.79 Å². The molecule has 2 aromatic rings. The van der Waals surface area contributed by atoms with Gasteiger partial charge in [0.1, 0.15) is 0 Å². The fraction of sp³-hybridized carbons (Fsp3) is 0.235. The Labute approximate surface area is 138 Å². The van der Waals surface area contributed by atoms with Gasteiger partial charge in [-0.25, -0.2) is 0 Å². The molecule has 1 unspecified atom stereocenters. The Morgan fingerprint density at radius 1 is 1.35 bits per heavy atom. The number of benzene rings is 1. The Morgan fingerprint density at radius 3 is 2.87 bits per heavy atom. The topological polar surface area (TPSA) is 81.6 Å². The van der Waals surface area contributed by atoms with Gasteiger partial charge in [0.15, 0.2) is 0 Å². The lowest BCUT2D eigenvalue weighted by Crippen LogP contribution is -2.22. The van der Waals surface area contributed by atoms with Crippen LogP contribution in [0.15, 0.2) is 30.3 Å². The molecule has 2 heterocycles. The molecule has 0 radical (unpaired) electrons. The molecule has 0 fully saturated rings. The Balaban J connectivity index is 1.88. The number of thiophene rings is 1. The van der Waals surface area contributed by atoms with Crippen LogP contribution in [0, 0.1) is 6.92 Å². The molecule has 3 rings (SSSR count). The van der Waals surface area contributed by atoms with Crippen LogP contribution in [0.2, 0.25) is 0 Å². The maximum absolute atomic E-state index is 12.2. The molecular weight excluding hydrogens is 312 g/mol. The highest BCUT2D eigenvalue weighted by Gasteiger charge is 2.24. The van der Waals surface area contributed by atoms with Gasteiger partial charge in [-0.3, -0.25) is 4.79 Å². The highest BCUT2D eigenvalue weighted by Crippen LogP contribution is 2.35. The highest BCUT2D eigenvalue weighted by atomic mass is 32.1. The van der Waals surface area contributed by atoms with Crippen LogP contribution in [0.3, 0.4) is 0 Å². The molecule has 5 nitrogen and oxygen atoms in total. The van der Waals surface area contributed by atoms with Crippen molar-refractivity contribution in [3.8, 4) is 0 Å². The summed E-state index contributed by atoms with van der Waals surface area (Å²) in [4.78, 5) is 14.4. The molecule has 1 aromatic heterocycles. The fourth-order valence-electron chi connectivity index (χ4n) is 2.41. The van der Waals surface area contributed by atoms with Crippen LogP contribution in [0.4, 0.5) is 11.4 Å². The van der Waals surface area contributed by atoms with Gasteiger partial charge in [0.2, 0.25) is 0 Å². The van der Waals surface area contributed by atoms with E-state index in [-0.39, 0.29) is 19.1 Å². The Kier molecular flexibility index (Phi) is 4.47. The van der Waals surface area contributed by atoms with Crippen LogP contribution < -0.4 is 10.6 Å². The number of amides is 1. The van der Waals surface area contributed by atoms with Gasteiger partial charge in [0, 0.05) is 33.2 Å². The largest absolute Gasteiger partial charge is 0.394 e. The van der Waals surface area contributed by atoms with Crippen LogP contribution in [0.5, 0.6) is 0 Å². The molecule has 1 amide bonds. The first-order valence-electron chi connectivity index (χ1n) is 7.33. The molecule has 0 spiro atoms. The van der Waals surface area contributed by atoms with Crippen molar-refractivity contribution in [3.63, 3.8) is 0 Å². The number of nitrogens with one attached hydrogen (secondary N) is 2. The Hall–Kier alpha value is -2.15. The van der Waals surface area contributed by atoms with Gasteiger partial charge in [-0.05, 0) is 43.3 Å². The average molecular weight is 330 g/mol. The normalized spacial score (nSPS) is 16.3. The number of carbonyl (C=O) groups is 1. The number of rotatable bonds is 5. The summed E-state index contributed by atoms with van der Waals surface area (Å²) in [5.74, 6) is -0.112. The first-order valence-corrected chi connectivity index (χ1v) is 8.15. The van der Waals surface area contributed by atoms with Crippen molar-refractivity contribution in [1.82, 2.24) is 0 Å². The molecule has 0 saturated heterocycles. The average Bonchev–Trinajstić information content (AvgIpc) is 3.09. The predicted molar refractivity (Wildman–Crippen MR) is 93.6 cm³/mol. The zero-order valence-electron chi connectivity index (χ0n) is 12.7. The Bertz CT molecular complexity index is 767. The number of carbonyl (C=O) groups excluding carboxylic acids is 1. The van der Waals surface area contributed by atoms with Gasteiger partial charge >= 0.3 is 0 Å². The predicted octanol–water partition coefficient (Wildman–Crippen LogP) is 2.31. The molecular formula is C17H18N2O3S. The maximum atomic E-state index is 12.2. The minimum absolute atomic E-state index is 0.112. The maximum Gasteiger partial charge on any atom is 0.256 e. The summed E-state index contributed by atoms with van der Waals surface area (Å²) in [5, 5.41) is 24.2. The van der Waals surface area contributed by atoms with Crippen LogP contribution in [0.1, 0.15) is 15.3 Å². The summed E-state index contributed by atoms with van der Waals surface area (Å²) in [6.07, 6.45) is 1.08. The van der Waals surface area contributed by atoms with Crippen molar-refractivity contribution in [2.24, 2.45) is 0 Å². The summed E-state index contributed by atoms with van der Waals surface area (Å²) < 4.78 is 0. The zero-order valence-corrected chi connectivity index (χ0v) is 13.5. The van der Waals surface area contributed by atoms with Crippen LogP contribution >= 0.6 is 11.3 Å². The van der Waals surface area contributed by atoms with Gasteiger partial charge in [0.25, 0.3) is 5.91 Å². The minimum Gasteiger partial charge on any atom is -0.394 e. The van der Waals surface area contributed by atoms with E-state index in [9.17, 15) is 9.90 Å². The first kappa shape index (κ1) is 15.7. The molecule has 1 aromatic carbocycles. The Morgan fingerprint density at radius 2 is 2.17 bits per heavy atom. The summed E-state index contributed by atoms with van der Waals surface area (Å²) in [5.41, 5.74) is 3.04. The smallest absolute Gasteiger partial charge is 0.256 e. The van der Waals surface area contributed by atoms with E-state index >= 15 is 0 Å². The number of fused-ring (bicyclic) bond motifs is 1. The van der Waals surface area contributed by atoms with Gasteiger partial charge in [-0.2, -0.15) is 0 Å². The molecule has 1 aliphatic heterocycles. The van der Waals surface area contributed by atoms with E-state index in [1.807, 2.05) is 43.3 Å². The van der Waals surface area contributed by atoms with Crippen molar-refractivity contribution in [1.29, 1.82) is 0 Å². The van der Waals surface area contributed by atoms with Crippen molar-refractivity contribution < 1.29 is 15.0 Å². The summed E-state index contributed by atoms with van der Waals surface area (Å²) >= 11 is 1.64. The van der Waals surface area contributed by atoms with Crippen molar-refractivity contribution in [3.05, 3.63) is 45.6 Å². The molecule has 4 N–H and O–H groups in total. The SMILES string of the molecule is Cc1ccc(C=C2C(=O)Nc3ccc(NCC(O)CO)cc32)s1. The lowest BCUT2D eigenvalue weighted by atomic mass is 10.1. The number of hydrogen-bond acceptors (Lipinski definition) is 5. The molecule has 1 aliphatic rings. The standard InChI is InChI=1S/C17H18N2O3S/c1-10-2-4-13(23-10)7-15-14-6-11(18-8-12(21)9-20)3-5-16(14)19-17(15)22/h2-7,12,18,20-21H,8-9H2,1H3,(H,19,22). The highest BCUT2D eigenvalue weighted by molar-refractivity contribution is 7.12. The van der Waals surface area contributed by atoms with Crippen molar-refractivity contribution in [2.45, 2.75) is 13.0 Å². The summed E-state index contributed by atoms with van der Waals surface area (Å²) in [7, 11) is 0. The number of hydrogen-bond donors (Lipinski definition) is 4. The first-order chi connectivity index (χ1) is 11.1. The quantitative estimate of drug-likeness (QED) is 0.634. The lowest BCUT2D eigenvalue weighted by molar-refractivity contribution is -0.110. The second-order valence-electron chi connectivity index (χ2n) is 5.44. The van der Waals surface area contributed by atoms with Gasteiger partial charge in [-0.15, -0.1) is 11.3 Å². The molecule has 23 heavy (non-hydrogen) atoms. The second-order valence-corrected chi connectivity index (χ2v) is 6.76. The van der Waals surface area contributed by atoms with Crippen molar-refractivity contribution in [2.75, 3.05) is 23.8 Å². The van der Waals surface area contributed by atoms with E-state index in [0.717, 1.165) is 21.8 Å². The van der Waals surface area contributed by atoms with Gasteiger partial charge < -0.3 is 20.8 Å². The second kappa shape index (κ2) is 6.54. The number of aryl methyl sites for hydroxylation is 1. The van der Waals surface area contributed by atoms with E-state index < -0.39 is 6.10 Å². The number of aliphatic hydroxyl groups is 2. The minimum atomic E-state index is -0.813. The monoisotopic (exact) mass is 330 g/mol. The lowest BCUT2D eigenvalue weighted by Gasteiger charge is -2.11. The third-order valence-electron chi connectivity index (χ3n) is 3.60. The molecule has 0 bridgehead atoms. The number of anilines is 2. The van der Waals surface area contributed by atoms with E-state index in [2.05, 4.69) is 10.6 Å². The summed E-state index contributed by atoms with van der Waals surface area (Å²) in [6.45, 7) is 1.99. The van der Waals surface area contributed by atoms with Crippen molar-refractivity contribution >= 4 is 40.3 Å². The number of aliphatic hydroxyl groups excluding tert-OH is 2. The van der Waals surface area contributed by atoms with Crippen LogP contribution in [0.25, 0.3) is 11.6 Å². The molecule has 0 saturated carbocycles. The van der Waals surface area contributed by atoms with Gasteiger partial charge in [0.05, 0.1) is 18.3 Å². The fourth-order valence-corrected chi connectivity index (χ4v) is 3.24. The van der Waals surface area contributed by atoms with E-state index in [4.69, 9.17) is 5.11 Å². The third kappa shape index (κ3) is 3.44. The molecule has 6 heteroatoms. The molecule has 0 aliphatic carbocycles. The summed E-state index contributed by atoms with van der Waals surface area (Å²) in [6, 6.07) is 9.57. The van der Waals surface area contributed by atoms with Gasteiger partial charge in [-0.1, -0.05) is 0 Å². The zero-order chi connectivity index (χ0) is 16.4.